The molecule has 1 aliphatic rings. The van der Waals surface area contributed by atoms with Crippen molar-refractivity contribution in [3.63, 3.8) is 0 Å². The first kappa shape index (κ1) is 13.7. The molecule has 3 nitrogen and oxygen atoms in total. The first-order chi connectivity index (χ1) is 7.58. The Labute approximate surface area is 98.7 Å². The van der Waals surface area contributed by atoms with Crippen molar-refractivity contribution in [2.45, 2.75) is 58.5 Å². The molecule has 0 aliphatic heterocycles. The fourth-order valence-electron chi connectivity index (χ4n) is 2.48. The highest BCUT2D eigenvalue weighted by molar-refractivity contribution is 5.80. The maximum absolute atomic E-state index is 11.8. The lowest BCUT2D eigenvalue weighted by atomic mass is 9.71. The average molecular weight is 227 g/mol. The summed E-state index contributed by atoms with van der Waals surface area (Å²) in [4.78, 5) is 11.8. The third kappa shape index (κ3) is 4.22. The van der Waals surface area contributed by atoms with Crippen LogP contribution in [-0.4, -0.2) is 25.0 Å². The number of rotatable bonds is 6. The standard InChI is InChI=1S/C13H25NO2/c1-11(2)16-9-12(15)8-13(10-14)6-4-3-5-7-13/h11H,3-10,14H2,1-2H3. The largest absolute Gasteiger partial charge is 0.371 e. The van der Waals surface area contributed by atoms with Crippen LogP contribution in [0.15, 0.2) is 0 Å². The van der Waals surface area contributed by atoms with Crippen molar-refractivity contribution in [3.05, 3.63) is 0 Å². The molecule has 1 saturated carbocycles. The van der Waals surface area contributed by atoms with E-state index in [-0.39, 0.29) is 23.9 Å². The maximum atomic E-state index is 11.8. The number of ether oxygens (including phenoxy) is 1. The zero-order valence-corrected chi connectivity index (χ0v) is 10.6. The Kier molecular flexibility index (Phi) is 5.42. The molecule has 0 amide bonds. The van der Waals surface area contributed by atoms with Crippen molar-refractivity contribution in [3.8, 4) is 0 Å². The summed E-state index contributed by atoms with van der Waals surface area (Å²) in [6.07, 6.45) is 6.68. The van der Waals surface area contributed by atoms with Crippen LogP contribution in [0.4, 0.5) is 0 Å². The van der Waals surface area contributed by atoms with Crippen LogP contribution in [-0.2, 0) is 9.53 Å². The Morgan fingerprint density at radius 3 is 2.44 bits per heavy atom. The van der Waals surface area contributed by atoms with E-state index in [0.29, 0.717) is 13.0 Å². The summed E-state index contributed by atoms with van der Waals surface area (Å²) >= 11 is 0. The Morgan fingerprint density at radius 1 is 1.31 bits per heavy atom. The molecule has 0 aromatic carbocycles. The minimum Gasteiger partial charge on any atom is -0.371 e. The highest BCUT2D eigenvalue weighted by Crippen LogP contribution is 2.38. The van der Waals surface area contributed by atoms with Gasteiger partial charge in [-0.15, -0.1) is 0 Å². The number of ketones is 1. The molecular formula is C13H25NO2. The van der Waals surface area contributed by atoms with Crippen molar-refractivity contribution in [1.29, 1.82) is 0 Å². The van der Waals surface area contributed by atoms with Crippen LogP contribution in [0.2, 0.25) is 0 Å². The van der Waals surface area contributed by atoms with E-state index in [1.165, 1.54) is 19.3 Å². The van der Waals surface area contributed by atoms with E-state index in [9.17, 15) is 4.79 Å². The summed E-state index contributed by atoms with van der Waals surface area (Å²) in [5, 5.41) is 0. The number of Topliss-reactive ketones (excluding diaryl/α,β-unsaturated/α-hetero) is 1. The second-order valence-electron chi connectivity index (χ2n) is 5.34. The van der Waals surface area contributed by atoms with E-state index in [1.807, 2.05) is 13.8 Å². The SMILES string of the molecule is CC(C)OCC(=O)CC1(CN)CCCCC1. The van der Waals surface area contributed by atoms with Gasteiger partial charge in [0, 0.05) is 6.42 Å². The van der Waals surface area contributed by atoms with Gasteiger partial charge in [0.2, 0.25) is 0 Å². The summed E-state index contributed by atoms with van der Waals surface area (Å²) < 4.78 is 5.34. The van der Waals surface area contributed by atoms with Gasteiger partial charge in [0.15, 0.2) is 5.78 Å². The summed E-state index contributed by atoms with van der Waals surface area (Å²) in [5.74, 6) is 0.209. The van der Waals surface area contributed by atoms with Crippen molar-refractivity contribution in [2.24, 2.45) is 11.1 Å². The van der Waals surface area contributed by atoms with E-state index in [2.05, 4.69) is 0 Å². The molecule has 0 saturated heterocycles. The molecule has 0 heterocycles. The van der Waals surface area contributed by atoms with E-state index >= 15 is 0 Å². The quantitative estimate of drug-likeness (QED) is 0.757. The van der Waals surface area contributed by atoms with Gasteiger partial charge in [-0.25, -0.2) is 0 Å². The lowest BCUT2D eigenvalue weighted by molar-refractivity contribution is -0.127. The van der Waals surface area contributed by atoms with Gasteiger partial charge in [0.25, 0.3) is 0 Å². The molecule has 0 radical (unpaired) electrons. The van der Waals surface area contributed by atoms with Crippen LogP contribution in [0.25, 0.3) is 0 Å². The number of carbonyl (C=O) groups is 1. The van der Waals surface area contributed by atoms with Gasteiger partial charge in [-0.05, 0) is 38.6 Å². The van der Waals surface area contributed by atoms with Crippen LogP contribution < -0.4 is 5.73 Å². The molecule has 1 aliphatic carbocycles. The fourth-order valence-corrected chi connectivity index (χ4v) is 2.48. The predicted octanol–water partition coefficient (Wildman–Crippen LogP) is 2.28. The Balaban J connectivity index is 2.39. The van der Waals surface area contributed by atoms with E-state index in [4.69, 9.17) is 10.5 Å². The van der Waals surface area contributed by atoms with Gasteiger partial charge in [-0.2, -0.15) is 0 Å². The number of nitrogens with two attached hydrogens (primary N) is 1. The molecule has 3 heteroatoms. The molecule has 16 heavy (non-hydrogen) atoms. The topological polar surface area (TPSA) is 52.3 Å². The third-order valence-corrected chi connectivity index (χ3v) is 3.50. The predicted molar refractivity (Wildman–Crippen MR) is 65.3 cm³/mol. The number of carbonyl (C=O) groups excluding carboxylic acids is 1. The van der Waals surface area contributed by atoms with Crippen LogP contribution in [0.5, 0.6) is 0 Å². The van der Waals surface area contributed by atoms with Gasteiger partial charge in [-0.3, -0.25) is 4.79 Å². The molecule has 0 unspecified atom stereocenters. The van der Waals surface area contributed by atoms with Gasteiger partial charge in [-0.1, -0.05) is 19.3 Å². The highest BCUT2D eigenvalue weighted by Gasteiger charge is 2.32. The van der Waals surface area contributed by atoms with Crippen LogP contribution in [0.3, 0.4) is 0 Å². The third-order valence-electron chi connectivity index (χ3n) is 3.50. The molecule has 1 fully saturated rings. The van der Waals surface area contributed by atoms with Gasteiger partial charge in [0.05, 0.1) is 6.10 Å². The lowest BCUT2D eigenvalue weighted by Crippen LogP contribution is -2.36. The molecule has 1 rings (SSSR count). The average Bonchev–Trinajstić information content (AvgIpc) is 2.28. The van der Waals surface area contributed by atoms with Gasteiger partial charge >= 0.3 is 0 Å². The number of hydrogen-bond donors (Lipinski definition) is 1. The van der Waals surface area contributed by atoms with Crippen molar-refractivity contribution >= 4 is 5.78 Å². The summed E-state index contributed by atoms with van der Waals surface area (Å²) in [5.41, 5.74) is 5.93. The zero-order valence-electron chi connectivity index (χ0n) is 10.6. The summed E-state index contributed by atoms with van der Waals surface area (Å²) in [7, 11) is 0. The molecule has 94 valence electrons. The molecule has 2 N–H and O–H groups in total. The number of hydrogen-bond acceptors (Lipinski definition) is 3. The van der Waals surface area contributed by atoms with Crippen molar-refractivity contribution in [1.82, 2.24) is 0 Å². The normalized spacial score (nSPS) is 20.0. The fraction of sp³-hybridized carbons (Fsp3) is 0.923. The van der Waals surface area contributed by atoms with Crippen molar-refractivity contribution < 1.29 is 9.53 Å². The Bertz CT molecular complexity index is 220. The molecule has 0 aromatic heterocycles. The van der Waals surface area contributed by atoms with E-state index in [0.717, 1.165) is 12.8 Å². The maximum Gasteiger partial charge on any atom is 0.159 e. The monoisotopic (exact) mass is 227 g/mol. The van der Waals surface area contributed by atoms with Crippen LogP contribution >= 0.6 is 0 Å². The molecule has 0 aromatic rings. The van der Waals surface area contributed by atoms with E-state index in [1.54, 1.807) is 0 Å². The van der Waals surface area contributed by atoms with E-state index < -0.39 is 0 Å². The summed E-state index contributed by atoms with van der Waals surface area (Å²) in [6.45, 7) is 4.79. The molecule has 0 spiro atoms. The molecule has 0 bridgehead atoms. The lowest BCUT2D eigenvalue weighted by Gasteiger charge is -2.35. The first-order valence-corrected chi connectivity index (χ1v) is 6.41. The Morgan fingerprint density at radius 2 is 1.94 bits per heavy atom. The summed E-state index contributed by atoms with van der Waals surface area (Å²) in [6, 6.07) is 0. The van der Waals surface area contributed by atoms with Gasteiger partial charge in [0.1, 0.15) is 6.61 Å². The molecule has 0 atom stereocenters. The van der Waals surface area contributed by atoms with Gasteiger partial charge < -0.3 is 10.5 Å². The first-order valence-electron chi connectivity index (χ1n) is 6.41. The van der Waals surface area contributed by atoms with Crippen LogP contribution in [0, 0.1) is 5.41 Å². The second-order valence-corrected chi connectivity index (χ2v) is 5.34. The minimum atomic E-state index is 0.0790. The smallest absolute Gasteiger partial charge is 0.159 e. The highest BCUT2D eigenvalue weighted by atomic mass is 16.5. The van der Waals surface area contributed by atoms with Crippen LogP contribution in [0.1, 0.15) is 52.4 Å². The minimum absolute atomic E-state index is 0.0790. The Hall–Kier alpha value is -0.410. The molecular weight excluding hydrogens is 202 g/mol. The second kappa shape index (κ2) is 6.36. The zero-order chi connectivity index (χ0) is 12.0. The van der Waals surface area contributed by atoms with Crippen molar-refractivity contribution in [2.75, 3.05) is 13.2 Å².